The zero-order chi connectivity index (χ0) is 14.9. The van der Waals surface area contributed by atoms with Crippen molar-refractivity contribution in [1.29, 1.82) is 0 Å². The smallest absolute Gasteiger partial charge is 0.257 e. The van der Waals surface area contributed by atoms with E-state index < -0.39 is 5.82 Å². The highest BCUT2D eigenvalue weighted by Gasteiger charge is 2.27. The van der Waals surface area contributed by atoms with E-state index in [1.807, 2.05) is 0 Å². The highest BCUT2D eigenvalue weighted by molar-refractivity contribution is 9.10. The van der Waals surface area contributed by atoms with E-state index in [0.29, 0.717) is 5.92 Å². The average molecular weight is 344 g/mol. The molecule has 0 aliphatic heterocycles. The third-order valence-electron chi connectivity index (χ3n) is 4.11. The van der Waals surface area contributed by atoms with Crippen molar-refractivity contribution in [3.05, 3.63) is 28.0 Å². The molecular weight excluding hydrogens is 325 g/mol. The van der Waals surface area contributed by atoms with Crippen molar-refractivity contribution < 1.29 is 14.3 Å². The fraction of sp³-hybridized carbons (Fsp3) is 0.533. The molecule has 5 heteroatoms. The summed E-state index contributed by atoms with van der Waals surface area (Å²) in [6.45, 7) is 2.22. The molecule has 0 bridgehead atoms. The molecule has 1 fully saturated rings. The Hall–Kier alpha value is -1.10. The van der Waals surface area contributed by atoms with Crippen LogP contribution in [0.3, 0.4) is 0 Å². The van der Waals surface area contributed by atoms with Crippen LogP contribution in [0.2, 0.25) is 0 Å². The monoisotopic (exact) mass is 343 g/mol. The summed E-state index contributed by atoms with van der Waals surface area (Å²) in [5.41, 5.74) is 0.0120. The van der Waals surface area contributed by atoms with Gasteiger partial charge in [-0.15, -0.1) is 0 Å². The van der Waals surface area contributed by atoms with Crippen molar-refractivity contribution in [2.45, 2.75) is 38.6 Å². The van der Waals surface area contributed by atoms with Crippen LogP contribution in [0, 0.1) is 11.7 Å². The molecule has 0 unspecified atom stereocenters. The Kier molecular flexibility index (Phi) is 4.68. The van der Waals surface area contributed by atoms with Gasteiger partial charge in [-0.05, 0) is 59.7 Å². The third-order valence-corrected chi connectivity index (χ3v) is 4.72. The van der Waals surface area contributed by atoms with Gasteiger partial charge < -0.3 is 10.0 Å². The van der Waals surface area contributed by atoms with Crippen molar-refractivity contribution in [3.8, 4) is 5.75 Å². The Morgan fingerprint density at radius 3 is 2.55 bits per heavy atom. The van der Waals surface area contributed by atoms with E-state index in [0.717, 1.165) is 37.8 Å². The zero-order valence-corrected chi connectivity index (χ0v) is 13.3. The van der Waals surface area contributed by atoms with Gasteiger partial charge >= 0.3 is 0 Å². The predicted molar refractivity (Wildman–Crippen MR) is 79.3 cm³/mol. The summed E-state index contributed by atoms with van der Waals surface area (Å²) < 4.78 is 13.6. The Morgan fingerprint density at radius 2 is 1.95 bits per heavy atom. The largest absolute Gasteiger partial charge is 0.506 e. The topological polar surface area (TPSA) is 40.5 Å². The molecule has 1 aliphatic carbocycles. The first-order chi connectivity index (χ1) is 9.40. The summed E-state index contributed by atoms with van der Waals surface area (Å²) >= 11 is 3.06. The Morgan fingerprint density at radius 1 is 1.35 bits per heavy atom. The number of carbonyl (C=O) groups is 1. The van der Waals surface area contributed by atoms with Crippen LogP contribution in [-0.2, 0) is 0 Å². The molecule has 1 N–H and O–H groups in total. The number of rotatable bonds is 2. The first-order valence-corrected chi connectivity index (χ1v) is 7.64. The number of halogens is 2. The Labute approximate surface area is 126 Å². The summed E-state index contributed by atoms with van der Waals surface area (Å²) in [6.07, 6.45) is 4.11. The maximum atomic E-state index is 13.4. The molecule has 0 spiro atoms. The van der Waals surface area contributed by atoms with E-state index in [1.54, 1.807) is 11.9 Å². The highest BCUT2D eigenvalue weighted by Crippen LogP contribution is 2.32. The zero-order valence-electron chi connectivity index (χ0n) is 11.7. The fourth-order valence-electron chi connectivity index (χ4n) is 2.71. The number of hydrogen-bond donors (Lipinski definition) is 1. The molecule has 1 aliphatic rings. The van der Waals surface area contributed by atoms with Crippen LogP contribution in [0.1, 0.15) is 43.0 Å². The van der Waals surface area contributed by atoms with E-state index in [9.17, 15) is 14.3 Å². The Bertz CT molecular complexity index is 513. The predicted octanol–water partition coefficient (Wildman–Crippen LogP) is 3.94. The second kappa shape index (κ2) is 6.12. The van der Waals surface area contributed by atoms with Crippen LogP contribution in [0.25, 0.3) is 0 Å². The summed E-state index contributed by atoms with van der Waals surface area (Å²) in [7, 11) is 1.72. The van der Waals surface area contributed by atoms with Gasteiger partial charge in [-0.3, -0.25) is 4.79 Å². The summed E-state index contributed by atoms with van der Waals surface area (Å²) in [4.78, 5) is 14.1. The molecule has 0 aromatic heterocycles. The van der Waals surface area contributed by atoms with Gasteiger partial charge in [0, 0.05) is 13.1 Å². The van der Waals surface area contributed by atoms with Crippen molar-refractivity contribution in [1.82, 2.24) is 4.90 Å². The first-order valence-electron chi connectivity index (χ1n) is 6.85. The number of nitrogens with zero attached hydrogens (tertiary/aromatic N) is 1. The highest BCUT2D eigenvalue weighted by atomic mass is 79.9. The second-order valence-corrected chi connectivity index (χ2v) is 6.47. The molecule has 1 amide bonds. The minimum Gasteiger partial charge on any atom is -0.506 e. The third kappa shape index (κ3) is 3.14. The van der Waals surface area contributed by atoms with E-state index in [2.05, 4.69) is 22.9 Å². The minimum absolute atomic E-state index is 0.0120. The summed E-state index contributed by atoms with van der Waals surface area (Å²) in [5, 5.41) is 9.92. The molecule has 3 nitrogen and oxygen atoms in total. The van der Waals surface area contributed by atoms with Crippen molar-refractivity contribution >= 4 is 21.8 Å². The number of benzene rings is 1. The van der Waals surface area contributed by atoms with Gasteiger partial charge in [0.2, 0.25) is 0 Å². The van der Waals surface area contributed by atoms with E-state index in [-0.39, 0.29) is 27.7 Å². The molecule has 1 saturated carbocycles. The van der Waals surface area contributed by atoms with Gasteiger partial charge in [-0.1, -0.05) is 6.92 Å². The lowest BCUT2D eigenvalue weighted by Crippen LogP contribution is -2.39. The van der Waals surface area contributed by atoms with Crippen LogP contribution < -0.4 is 0 Å². The van der Waals surface area contributed by atoms with Gasteiger partial charge in [-0.2, -0.15) is 0 Å². The second-order valence-electron chi connectivity index (χ2n) is 5.61. The number of amides is 1. The summed E-state index contributed by atoms with van der Waals surface area (Å²) in [6, 6.07) is 2.40. The van der Waals surface area contributed by atoms with Gasteiger partial charge in [0.05, 0.1) is 10.0 Å². The van der Waals surface area contributed by atoms with E-state index >= 15 is 0 Å². The van der Waals surface area contributed by atoms with Crippen molar-refractivity contribution in [3.63, 3.8) is 0 Å². The van der Waals surface area contributed by atoms with Crippen LogP contribution >= 0.6 is 15.9 Å². The molecule has 0 saturated heterocycles. The molecule has 110 valence electrons. The number of aromatic hydroxyl groups is 1. The van der Waals surface area contributed by atoms with E-state index in [1.165, 1.54) is 0 Å². The van der Waals surface area contributed by atoms with Gasteiger partial charge in [0.25, 0.3) is 5.91 Å². The molecule has 1 aromatic carbocycles. The van der Waals surface area contributed by atoms with Crippen molar-refractivity contribution in [2.75, 3.05) is 7.05 Å². The lowest BCUT2D eigenvalue weighted by Gasteiger charge is -2.33. The normalized spacial score (nSPS) is 22.6. The molecule has 1 aromatic rings. The number of phenols is 1. The summed E-state index contributed by atoms with van der Waals surface area (Å²) in [5.74, 6) is -0.371. The van der Waals surface area contributed by atoms with Gasteiger partial charge in [0.15, 0.2) is 0 Å². The Balaban J connectivity index is 2.19. The minimum atomic E-state index is -0.538. The van der Waals surface area contributed by atoms with Crippen molar-refractivity contribution in [2.24, 2.45) is 5.92 Å². The quantitative estimate of drug-likeness (QED) is 0.883. The SMILES string of the molecule is CC1CCC(N(C)C(=O)c2cc(F)cc(Br)c2O)CC1. The molecular formula is C15H19BrFNO2. The maximum Gasteiger partial charge on any atom is 0.257 e. The molecule has 0 heterocycles. The lowest BCUT2D eigenvalue weighted by atomic mass is 9.86. The molecule has 2 rings (SSSR count). The van der Waals surface area contributed by atoms with Crippen LogP contribution in [0.15, 0.2) is 16.6 Å². The maximum absolute atomic E-state index is 13.4. The van der Waals surface area contributed by atoms with Gasteiger partial charge in [0.1, 0.15) is 11.6 Å². The van der Waals surface area contributed by atoms with Crippen LogP contribution in [-0.4, -0.2) is 29.0 Å². The number of carbonyl (C=O) groups excluding carboxylic acids is 1. The first kappa shape index (κ1) is 15.3. The van der Waals surface area contributed by atoms with Gasteiger partial charge in [-0.25, -0.2) is 4.39 Å². The van der Waals surface area contributed by atoms with E-state index in [4.69, 9.17) is 0 Å². The molecule has 20 heavy (non-hydrogen) atoms. The molecule has 0 radical (unpaired) electrons. The standard InChI is InChI=1S/C15H19BrFNO2/c1-9-3-5-11(6-4-9)18(2)15(20)12-7-10(17)8-13(16)14(12)19/h7-9,11,19H,3-6H2,1-2H3. The fourth-order valence-corrected chi connectivity index (χ4v) is 3.15. The number of hydrogen-bond acceptors (Lipinski definition) is 2. The lowest BCUT2D eigenvalue weighted by molar-refractivity contribution is 0.0676. The molecule has 0 atom stereocenters. The van der Waals surface area contributed by atoms with Crippen LogP contribution in [0.4, 0.5) is 4.39 Å². The van der Waals surface area contributed by atoms with Crippen LogP contribution in [0.5, 0.6) is 5.75 Å². The average Bonchev–Trinajstić information content (AvgIpc) is 2.42. The number of phenolic OH excluding ortho intramolecular Hbond substituents is 1.